The Labute approximate surface area is 256 Å². The van der Waals surface area contributed by atoms with Gasteiger partial charge in [-0.1, -0.05) is 72.8 Å². The van der Waals surface area contributed by atoms with Crippen LogP contribution in [0, 0.1) is 0 Å². The summed E-state index contributed by atoms with van der Waals surface area (Å²) in [5.41, 5.74) is 7.68. The second kappa shape index (κ2) is 17.9. The second-order valence-electron chi connectivity index (χ2n) is 9.93. The summed E-state index contributed by atoms with van der Waals surface area (Å²) in [4.78, 5) is 54.3. The summed E-state index contributed by atoms with van der Waals surface area (Å²) in [6, 6.07) is 21.4. The first-order chi connectivity index (χ1) is 21.3. The quantitative estimate of drug-likeness (QED) is 0.129. The third-order valence-electron chi connectivity index (χ3n) is 6.61. The van der Waals surface area contributed by atoms with Gasteiger partial charge in [-0.3, -0.25) is 4.79 Å². The zero-order chi connectivity index (χ0) is 31.7. The van der Waals surface area contributed by atoms with E-state index in [1.165, 1.54) is 12.1 Å². The lowest BCUT2D eigenvalue weighted by Crippen LogP contribution is -2.56. The van der Waals surface area contributed by atoms with Crippen LogP contribution >= 0.6 is 0 Å². The van der Waals surface area contributed by atoms with E-state index >= 15 is 0 Å². The SMILES string of the molecule is CCOC(=O)[C@H](Cc1ccc(O)cc1)NC(=O)[C@@H](CCCCN)N(C(=O)OCc1ccccc1)C(=O)OCc1ccccc1. The molecule has 2 atom stereocenters. The van der Waals surface area contributed by atoms with E-state index in [0.717, 1.165) is 0 Å². The number of carbonyl (C=O) groups excluding carboxylic acids is 4. The molecule has 3 rings (SSSR count). The van der Waals surface area contributed by atoms with E-state index in [1.807, 2.05) is 12.1 Å². The molecular weight excluding hydrogens is 566 g/mol. The van der Waals surface area contributed by atoms with Gasteiger partial charge >= 0.3 is 18.2 Å². The summed E-state index contributed by atoms with van der Waals surface area (Å²) in [5, 5.41) is 12.3. The predicted molar refractivity (Wildman–Crippen MR) is 162 cm³/mol. The lowest BCUT2D eigenvalue weighted by Gasteiger charge is -2.29. The van der Waals surface area contributed by atoms with E-state index in [4.69, 9.17) is 19.9 Å². The molecule has 0 aliphatic rings. The highest BCUT2D eigenvalue weighted by Crippen LogP contribution is 2.17. The van der Waals surface area contributed by atoms with Crippen molar-refractivity contribution in [3.05, 3.63) is 102 Å². The zero-order valence-corrected chi connectivity index (χ0v) is 24.7. The summed E-state index contributed by atoms with van der Waals surface area (Å²) >= 11 is 0. The number of carbonyl (C=O) groups is 4. The van der Waals surface area contributed by atoms with Gasteiger partial charge in [0.15, 0.2) is 0 Å². The van der Waals surface area contributed by atoms with Gasteiger partial charge in [0.05, 0.1) is 6.61 Å². The number of nitrogens with one attached hydrogen (secondary N) is 1. The van der Waals surface area contributed by atoms with Gasteiger partial charge in [0.2, 0.25) is 5.91 Å². The first-order valence-corrected chi connectivity index (χ1v) is 14.5. The van der Waals surface area contributed by atoms with E-state index in [2.05, 4.69) is 5.32 Å². The van der Waals surface area contributed by atoms with Gasteiger partial charge in [-0.05, 0) is 61.6 Å². The number of rotatable bonds is 15. The molecule has 11 nitrogen and oxygen atoms in total. The number of ether oxygens (including phenoxy) is 3. The number of hydrogen-bond acceptors (Lipinski definition) is 9. The number of nitrogens with zero attached hydrogens (tertiary/aromatic N) is 1. The molecule has 3 amide bonds. The van der Waals surface area contributed by atoms with E-state index in [9.17, 15) is 24.3 Å². The first-order valence-electron chi connectivity index (χ1n) is 14.5. The number of imide groups is 1. The van der Waals surface area contributed by atoms with Gasteiger partial charge in [0, 0.05) is 6.42 Å². The van der Waals surface area contributed by atoms with Gasteiger partial charge in [0.1, 0.15) is 31.0 Å². The molecule has 0 radical (unpaired) electrons. The van der Waals surface area contributed by atoms with Crippen LogP contribution in [0.3, 0.4) is 0 Å². The molecule has 0 bridgehead atoms. The highest BCUT2D eigenvalue weighted by Gasteiger charge is 2.39. The maximum Gasteiger partial charge on any atom is 0.420 e. The van der Waals surface area contributed by atoms with Crippen molar-refractivity contribution in [2.45, 2.75) is 57.9 Å². The molecule has 0 aromatic heterocycles. The third kappa shape index (κ3) is 10.7. The zero-order valence-electron chi connectivity index (χ0n) is 24.7. The van der Waals surface area contributed by atoms with Crippen molar-refractivity contribution in [1.29, 1.82) is 0 Å². The van der Waals surface area contributed by atoms with E-state index in [0.29, 0.717) is 41.0 Å². The van der Waals surface area contributed by atoms with E-state index in [1.54, 1.807) is 67.6 Å². The van der Waals surface area contributed by atoms with Crippen LogP contribution in [0.4, 0.5) is 9.59 Å². The highest BCUT2D eigenvalue weighted by atomic mass is 16.6. The average Bonchev–Trinajstić information content (AvgIpc) is 3.04. The monoisotopic (exact) mass is 605 g/mol. The van der Waals surface area contributed by atoms with E-state index < -0.39 is 36.1 Å². The van der Waals surface area contributed by atoms with Crippen LogP contribution in [0.15, 0.2) is 84.9 Å². The fourth-order valence-corrected chi connectivity index (χ4v) is 4.34. The van der Waals surface area contributed by atoms with Crippen molar-refractivity contribution < 1.29 is 38.5 Å². The summed E-state index contributed by atoms with van der Waals surface area (Å²) in [6.07, 6.45) is -1.16. The number of hydrogen-bond donors (Lipinski definition) is 3. The molecule has 3 aromatic carbocycles. The topological polar surface area (TPSA) is 157 Å². The van der Waals surface area contributed by atoms with Gasteiger partial charge in [0.25, 0.3) is 0 Å². The Hall–Kier alpha value is -4.90. The largest absolute Gasteiger partial charge is 0.508 e. The normalized spacial score (nSPS) is 12.0. The summed E-state index contributed by atoms with van der Waals surface area (Å²) in [7, 11) is 0. The molecule has 4 N–H and O–H groups in total. The summed E-state index contributed by atoms with van der Waals surface area (Å²) in [5.74, 6) is -1.42. The maximum atomic E-state index is 13.9. The number of esters is 1. The molecule has 234 valence electrons. The van der Waals surface area contributed by atoms with Crippen molar-refractivity contribution >= 4 is 24.1 Å². The van der Waals surface area contributed by atoms with Crippen LogP contribution in [0.1, 0.15) is 42.9 Å². The van der Waals surface area contributed by atoms with Crippen molar-refractivity contribution in [3.8, 4) is 5.75 Å². The second-order valence-corrected chi connectivity index (χ2v) is 9.93. The van der Waals surface area contributed by atoms with Crippen molar-refractivity contribution in [2.24, 2.45) is 5.73 Å². The van der Waals surface area contributed by atoms with Crippen LogP contribution in [0.25, 0.3) is 0 Å². The van der Waals surface area contributed by atoms with Gasteiger partial charge in [-0.2, -0.15) is 4.90 Å². The van der Waals surface area contributed by atoms with Crippen LogP contribution in [0.5, 0.6) is 5.75 Å². The van der Waals surface area contributed by atoms with Crippen molar-refractivity contribution in [2.75, 3.05) is 13.2 Å². The van der Waals surface area contributed by atoms with Gasteiger partial charge < -0.3 is 30.4 Å². The Morgan fingerprint density at radius 2 is 1.32 bits per heavy atom. The third-order valence-corrected chi connectivity index (χ3v) is 6.61. The predicted octanol–water partition coefficient (Wildman–Crippen LogP) is 4.46. The van der Waals surface area contributed by atoms with Crippen LogP contribution < -0.4 is 11.1 Å². The van der Waals surface area contributed by atoms with Crippen LogP contribution in [-0.2, 0) is 43.4 Å². The maximum absolute atomic E-state index is 13.9. The Morgan fingerprint density at radius 3 is 1.82 bits per heavy atom. The Balaban J connectivity index is 1.89. The van der Waals surface area contributed by atoms with Crippen LogP contribution in [0.2, 0.25) is 0 Å². The molecule has 0 spiro atoms. The molecule has 0 heterocycles. The number of nitrogens with two attached hydrogens (primary N) is 1. The van der Waals surface area contributed by atoms with Crippen molar-refractivity contribution in [3.63, 3.8) is 0 Å². The minimum atomic E-state index is -1.38. The highest BCUT2D eigenvalue weighted by molar-refractivity contribution is 5.96. The molecule has 0 aliphatic carbocycles. The Bertz CT molecular complexity index is 1280. The average molecular weight is 606 g/mol. The molecule has 0 saturated heterocycles. The number of benzene rings is 3. The standard InChI is InChI=1S/C33H39N3O8/c1-2-42-31(39)28(21-24-16-18-27(37)19-17-24)35-30(38)29(15-9-10-20-34)36(32(40)43-22-25-11-5-3-6-12-25)33(41)44-23-26-13-7-4-8-14-26/h3-8,11-14,16-19,28-29,37H,2,9-10,15,20-23,34H2,1H3,(H,35,38)/t28-,29+/m0/s1. The Kier molecular flexibility index (Phi) is 13.7. The molecule has 0 saturated carbocycles. The van der Waals surface area contributed by atoms with Crippen molar-refractivity contribution in [1.82, 2.24) is 10.2 Å². The molecule has 0 unspecified atom stereocenters. The number of unbranched alkanes of at least 4 members (excludes halogenated alkanes) is 1. The first kappa shape index (κ1) is 33.6. The number of phenols is 1. The van der Waals surface area contributed by atoms with E-state index in [-0.39, 0.29) is 38.4 Å². The van der Waals surface area contributed by atoms with Gasteiger partial charge in [-0.15, -0.1) is 0 Å². The number of aromatic hydroxyl groups is 1. The van der Waals surface area contributed by atoms with Gasteiger partial charge in [-0.25, -0.2) is 14.4 Å². The Morgan fingerprint density at radius 1 is 0.773 bits per heavy atom. The molecule has 44 heavy (non-hydrogen) atoms. The fourth-order valence-electron chi connectivity index (χ4n) is 4.34. The fraction of sp³-hybridized carbons (Fsp3) is 0.333. The number of phenolic OH excluding ortho intramolecular Hbond substituents is 1. The minimum absolute atomic E-state index is 0.0390. The smallest absolute Gasteiger partial charge is 0.420 e. The lowest BCUT2D eigenvalue weighted by molar-refractivity contribution is -0.147. The lowest BCUT2D eigenvalue weighted by atomic mass is 10.0. The molecular formula is C33H39N3O8. The molecule has 11 heteroatoms. The van der Waals surface area contributed by atoms with Crippen LogP contribution in [-0.4, -0.2) is 59.3 Å². The minimum Gasteiger partial charge on any atom is -0.508 e. The molecule has 0 fully saturated rings. The summed E-state index contributed by atoms with van der Waals surface area (Å²) < 4.78 is 16.1. The molecule has 3 aromatic rings. The summed E-state index contributed by atoms with van der Waals surface area (Å²) in [6.45, 7) is 1.75. The molecule has 0 aliphatic heterocycles. The number of amides is 3.